The molecule has 0 aromatic carbocycles. The summed E-state index contributed by atoms with van der Waals surface area (Å²) >= 11 is 3.38. The van der Waals surface area contributed by atoms with Crippen LogP contribution < -0.4 is 0 Å². The molecule has 0 radical (unpaired) electrons. The normalized spacial score (nSPS) is 28.2. The highest BCUT2D eigenvalue weighted by molar-refractivity contribution is 9.09. The van der Waals surface area contributed by atoms with Gasteiger partial charge in [0.1, 0.15) is 0 Å². The van der Waals surface area contributed by atoms with Crippen LogP contribution in [0.4, 0.5) is 8.78 Å². The van der Waals surface area contributed by atoms with Crippen LogP contribution in [0.2, 0.25) is 0 Å². The number of likely N-dealkylation sites (tertiary alicyclic amines) is 1. The molecule has 1 atom stereocenters. The summed E-state index contributed by atoms with van der Waals surface area (Å²) in [5.41, 5.74) is 0. The van der Waals surface area contributed by atoms with Crippen LogP contribution in [0, 0.1) is 0 Å². The van der Waals surface area contributed by atoms with Crippen molar-refractivity contribution in [3.8, 4) is 0 Å². The quantitative estimate of drug-likeness (QED) is 0.632. The lowest BCUT2D eigenvalue weighted by molar-refractivity contribution is 0.0999. The molecule has 1 aliphatic heterocycles. The lowest BCUT2D eigenvalue weighted by Gasteiger charge is -2.12. The Morgan fingerprint density at radius 1 is 1.60 bits per heavy atom. The second kappa shape index (κ2) is 3.62. The van der Waals surface area contributed by atoms with Gasteiger partial charge in [0, 0.05) is 11.4 Å². The zero-order valence-electron chi connectivity index (χ0n) is 5.56. The number of rotatable bonds is 2. The summed E-state index contributed by atoms with van der Waals surface area (Å²) in [4.78, 5) is 2.20. The van der Waals surface area contributed by atoms with Gasteiger partial charge in [0.05, 0.1) is 6.54 Å². The Hall–Kier alpha value is 0.300. The lowest BCUT2D eigenvalue weighted by atomic mass is 10.4. The molecule has 1 fully saturated rings. The lowest BCUT2D eigenvalue weighted by Crippen LogP contribution is -2.26. The number of halogens is 3. The maximum Gasteiger partial charge on any atom is 0.251 e. The van der Waals surface area contributed by atoms with Crippen LogP contribution >= 0.6 is 15.9 Å². The molecule has 0 bridgehead atoms. The van der Waals surface area contributed by atoms with E-state index in [2.05, 4.69) is 15.9 Å². The molecule has 1 heterocycles. The number of hydrogen-bond acceptors (Lipinski definition) is 1. The van der Waals surface area contributed by atoms with Crippen molar-refractivity contribution in [2.75, 3.05) is 19.6 Å². The first-order valence-corrected chi connectivity index (χ1v) is 4.24. The number of nitrogens with zero attached hydrogens (tertiary/aromatic N) is 1. The first kappa shape index (κ1) is 8.40. The fraction of sp³-hybridized carbons (Fsp3) is 1.00. The molecular weight excluding hydrogens is 204 g/mol. The van der Waals surface area contributed by atoms with E-state index >= 15 is 0 Å². The van der Waals surface area contributed by atoms with Crippen molar-refractivity contribution in [3.05, 3.63) is 0 Å². The summed E-state index contributed by atoms with van der Waals surface area (Å²) in [5, 5.41) is 0. The van der Waals surface area contributed by atoms with Gasteiger partial charge >= 0.3 is 0 Å². The van der Waals surface area contributed by atoms with Gasteiger partial charge < -0.3 is 0 Å². The van der Waals surface area contributed by atoms with E-state index in [0.717, 1.165) is 19.5 Å². The van der Waals surface area contributed by atoms with Crippen LogP contribution in [-0.4, -0.2) is 35.8 Å². The van der Waals surface area contributed by atoms with E-state index in [1.165, 1.54) is 0 Å². The number of hydrogen-bond donors (Lipinski definition) is 0. The standard InChI is InChI=1S/C6H10BrF2N/c7-5-1-2-10(3-5)4-6(8)9/h5-6H,1-4H2. The van der Waals surface area contributed by atoms with E-state index in [4.69, 9.17) is 0 Å². The van der Waals surface area contributed by atoms with Crippen LogP contribution in [-0.2, 0) is 0 Å². The maximum atomic E-state index is 11.8. The Bertz CT molecular complexity index is 110. The van der Waals surface area contributed by atoms with Gasteiger partial charge in [-0.15, -0.1) is 0 Å². The molecule has 60 valence electrons. The van der Waals surface area contributed by atoms with Crippen LogP contribution in [0.3, 0.4) is 0 Å². The van der Waals surface area contributed by atoms with E-state index in [0.29, 0.717) is 4.83 Å². The molecule has 10 heavy (non-hydrogen) atoms. The van der Waals surface area contributed by atoms with Gasteiger partial charge in [0.2, 0.25) is 0 Å². The molecule has 0 aromatic heterocycles. The summed E-state index contributed by atoms with van der Waals surface area (Å²) in [6, 6.07) is 0. The highest BCUT2D eigenvalue weighted by Crippen LogP contribution is 2.16. The average Bonchev–Trinajstić information content (AvgIpc) is 2.13. The molecule has 1 rings (SSSR count). The van der Waals surface area contributed by atoms with Crippen LogP contribution in [0.15, 0.2) is 0 Å². The first-order chi connectivity index (χ1) is 4.68. The summed E-state index contributed by atoms with van der Waals surface area (Å²) in [7, 11) is 0. The molecular formula is C6H10BrF2N. The van der Waals surface area contributed by atoms with Crippen molar-refractivity contribution in [2.24, 2.45) is 0 Å². The predicted molar refractivity (Wildman–Crippen MR) is 39.8 cm³/mol. The molecule has 4 heteroatoms. The maximum absolute atomic E-state index is 11.8. The molecule has 0 aromatic rings. The number of alkyl halides is 3. The molecule has 0 aliphatic carbocycles. The van der Waals surface area contributed by atoms with Crippen molar-refractivity contribution in [2.45, 2.75) is 17.7 Å². The highest BCUT2D eigenvalue weighted by Gasteiger charge is 2.21. The monoisotopic (exact) mass is 213 g/mol. The van der Waals surface area contributed by atoms with Crippen LogP contribution in [0.5, 0.6) is 0 Å². The van der Waals surface area contributed by atoms with Gasteiger partial charge in [0.15, 0.2) is 0 Å². The van der Waals surface area contributed by atoms with Crippen LogP contribution in [0.1, 0.15) is 6.42 Å². The smallest absolute Gasteiger partial charge is 0.251 e. The van der Waals surface area contributed by atoms with Gasteiger partial charge in [-0.25, -0.2) is 8.78 Å². The summed E-state index contributed by atoms with van der Waals surface area (Å²) < 4.78 is 23.5. The molecule has 0 spiro atoms. The SMILES string of the molecule is FC(F)CN1CCC(Br)C1. The van der Waals surface area contributed by atoms with Gasteiger partial charge in [-0.3, -0.25) is 4.90 Å². The predicted octanol–water partition coefficient (Wildman–Crippen LogP) is 1.72. The zero-order valence-corrected chi connectivity index (χ0v) is 7.15. The van der Waals surface area contributed by atoms with Gasteiger partial charge in [-0.2, -0.15) is 0 Å². The summed E-state index contributed by atoms with van der Waals surface area (Å²) in [6.07, 6.45) is -1.19. The Kier molecular flexibility index (Phi) is 3.04. The minimum Gasteiger partial charge on any atom is -0.297 e. The van der Waals surface area contributed by atoms with Crippen LogP contribution in [0.25, 0.3) is 0 Å². The average molecular weight is 214 g/mol. The second-order valence-electron chi connectivity index (χ2n) is 2.54. The van der Waals surface area contributed by atoms with Crippen molar-refractivity contribution in [3.63, 3.8) is 0 Å². The fourth-order valence-electron chi connectivity index (χ4n) is 1.15. The van der Waals surface area contributed by atoms with E-state index in [-0.39, 0.29) is 6.54 Å². The highest BCUT2D eigenvalue weighted by atomic mass is 79.9. The van der Waals surface area contributed by atoms with Crippen molar-refractivity contribution in [1.82, 2.24) is 4.90 Å². The Morgan fingerprint density at radius 3 is 2.70 bits per heavy atom. The van der Waals surface area contributed by atoms with E-state index in [1.807, 2.05) is 0 Å². The first-order valence-electron chi connectivity index (χ1n) is 3.33. The Labute approximate surface area is 67.5 Å². The van der Waals surface area contributed by atoms with Gasteiger partial charge in [-0.05, 0) is 13.0 Å². The van der Waals surface area contributed by atoms with E-state index < -0.39 is 6.43 Å². The van der Waals surface area contributed by atoms with Crippen molar-refractivity contribution in [1.29, 1.82) is 0 Å². The third-order valence-corrected chi connectivity index (χ3v) is 2.36. The van der Waals surface area contributed by atoms with E-state index in [9.17, 15) is 8.78 Å². The van der Waals surface area contributed by atoms with Gasteiger partial charge in [-0.1, -0.05) is 15.9 Å². The third kappa shape index (κ3) is 2.50. The molecule has 0 amide bonds. The minimum atomic E-state index is -2.18. The van der Waals surface area contributed by atoms with Crippen molar-refractivity contribution < 1.29 is 8.78 Å². The minimum absolute atomic E-state index is 0.0674. The largest absolute Gasteiger partial charge is 0.297 e. The summed E-state index contributed by atoms with van der Waals surface area (Å²) in [6.45, 7) is 1.51. The molecule has 0 N–H and O–H groups in total. The molecule has 0 saturated carbocycles. The molecule has 1 saturated heterocycles. The summed E-state index contributed by atoms with van der Waals surface area (Å²) in [5.74, 6) is 0. The zero-order chi connectivity index (χ0) is 7.56. The van der Waals surface area contributed by atoms with Crippen molar-refractivity contribution >= 4 is 15.9 Å². The molecule has 1 nitrogen and oxygen atoms in total. The fourth-order valence-corrected chi connectivity index (χ4v) is 1.76. The van der Waals surface area contributed by atoms with E-state index in [1.54, 1.807) is 4.90 Å². The molecule has 1 unspecified atom stereocenters. The molecule has 1 aliphatic rings. The van der Waals surface area contributed by atoms with Gasteiger partial charge in [0.25, 0.3) is 6.43 Å². The third-order valence-electron chi connectivity index (χ3n) is 1.61. The topological polar surface area (TPSA) is 3.24 Å². The second-order valence-corrected chi connectivity index (χ2v) is 3.83. The Morgan fingerprint density at radius 2 is 2.30 bits per heavy atom. The Balaban J connectivity index is 2.18.